The van der Waals surface area contributed by atoms with Crippen molar-refractivity contribution in [2.45, 2.75) is 39.3 Å². The van der Waals surface area contributed by atoms with E-state index in [1.54, 1.807) is 0 Å². The first-order valence-electron chi connectivity index (χ1n) is 10.9. The maximum atomic E-state index is 4.93. The van der Waals surface area contributed by atoms with E-state index in [2.05, 4.69) is 40.1 Å². The van der Waals surface area contributed by atoms with Crippen LogP contribution in [0.2, 0.25) is 0 Å². The third-order valence-electron chi connectivity index (χ3n) is 5.69. The smallest absolute Gasteiger partial charge is 0.128 e. The maximum absolute atomic E-state index is 4.93. The van der Waals surface area contributed by atoms with Gasteiger partial charge in [-0.05, 0) is 30.7 Å². The molecule has 6 heteroatoms. The third kappa shape index (κ3) is 4.25. The molecule has 0 bridgehead atoms. The Hall–Kier alpha value is -3.38. The van der Waals surface area contributed by atoms with Gasteiger partial charge in [-0.1, -0.05) is 25.1 Å². The van der Waals surface area contributed by atoms with Crippen molar-refractivity contribution in [1.82, 2.24) is 29.6 Å². The van der Waals surface area contributed by atoms with E-state index in [4.69, 9.17) is 10.1 Å². The van der Waals surface area contributed by atoms with E-state index < -0.39 is 0 Å². The summed E-state index contributed by atoms with van der Waals surface area (Å²) in [5.41, 5.74) is 6.82. The van der Waals surface area contributed by atoms with E-state index in [1.165, 1.54) is 16.8 Å². The number of pyridine rings is 1. The van der Waals surface area contributed by atoms with E-state index in [1.807, 2.05) is 53.6 Å². The molecule has 0 saturated heterocycles. The zero-order valence-corrected chi connectivity index (χ0v) is 17.8. The largest absolute Gasteiger partial charge is 0.294 e. The number of hydrogen-bond donors (Lipinski definition) is 0. The van der Waals surface area contributed by atoms with Gasteiger partial charge in [0.25, 0.3) is 0 Å². The topological polar surface area (TPSA) is 59.7 Å². The molecule has 0 aliphatic carbocycles. The van der Waals surface area contributed by atoms with Gasteiger partial charge in [-0.2, -0.15) is 5.10 Å². The summed E-state index contributed by atoms with van der Waals surface area (Å²) in [6.45, 7) is 4.86. The number of aryl methyl sites for hydroxylation is 1. The third-order valence-corrected chi connectivity index (χ3v) is 5.69. The molecular weight excluding hydrogens is 384 g/mol. The van der Waals surface area contributed by atoms with Crippen molar-refractivity contribution in [3.05, 3.63) is 89.9 Å². The van der Waals surface area contributed by atoms with Gasteiger partial charge in [0, 0.05) is 79.6 Å². The molecule has 0 unspecified atom stereocenters. The summed E-state index contributed by atoms with van der Waals surface area (Å²) in [5.74, 6) is 0.971. The maximum Gasteiger partial charge on any atom is 0.128 e. The Balaban J connectivity index is 1.43. The van der Waals surface area contributed by atoms with Crippen LogP contribution >= 0.6 is 0 Å². The number of fused-ring (bicyclic) bond motifs is 1. The molecular formula is C25H26N6. The lowest BCUT2D eigenvalue weighted by molar-refractivity contribution is 0.243. The Morgan fingerprint density at radius 3 is 2.68 bits per heavy atom. The lowest BCUT2D eigenvalue weighted by Crippen LogP contribution is -2.31. The fraction of sp³-hybridized carbons (Fsp3) is 0.280. The second kappa shape index (κ2) is 8.78. The first kappa shape index (κ1) is 19.6. The number of hydrogen-bond acceptors (Lipinski definition) is 5. The molecule has 1 aromatic carbocycles. The Morgan fingerprint density at radius 2 is 1.87 bits per heavy atom. The highest BCUT2D eigenvalue weighted by molar-refractivity contribution is 5.62. The molecule has 6 nitrogen and oxygen atoms in total. The second-order valence-electron chi connectivity index (χ2n) is 7.99. The molecule has 156 valence electrons. The fourth-order valence-corrected chi connectivity index (χ4v) is 4.13. The quantitative estimate of drug-likeness (QED) is 0.476. The van der Waals surface area contributed by atoms with Crippen LogP contribution in [0.15, 0.2) is 67.3 Å². The van der Waals surface area contributed by atoms with Crippen LogP contribution in [-0.4, -0.2) is 36.2 Å². The predicted molar refractivity (Wildman–Crippen MR) is 121 cm³/mol. The van der Waals surface area contributed by atoms with Crippen LogP contribution in [0, 0.1) is 0 Å². The molecule has 31 heavy (non-hydrogen) atoms. The minimum Gasteiger partial charge on any atom is -0.294 e. The van der Waals surface area contributed by atoms with Gasteiger partial charge in [-0.25, -0.2) is 14.6 Å². The standard InChI is InChI=1S/C25H26N6/c1-2-6-24-27-15-20-16-30(14-11-23(20)28-24)17-21-18-31(22-7-4-3-5-8-22)29-25(21)19-9-12-26-13-10-19/h3-5,7-10,12-13,15,18H,2,6,11,14,16-17H2,1H3. The van der Waals surface area contributed by atoms with E-state index in [0.717, 1.165) is 61.7 Å². The van der Waals surface area contributed by atoms with Gasteiger partial charge in [0.1, 0.15) is 5.82 Å². The molecule has 0 amide bonds. The van der Waals surface area contributed by atoms with Crippen molar-refractivity contribution in [2.24, 2.45) is 0 Å². The summed E-state index contributed by atoms with van der Waals surface area (Å²) in [6, 6.07) is 14.3. The van der Waals surface area contributed by atoms with Crippen molar-refractivity contribution in [2.75, 3.05) is 6.54 Å². The second-order valence-corrected chi connectivity index (χ2v) is 7.99. The molecule has 0 saturated carbocycles. The minimum atomic E-state index is 0.834. The Morgan fingerprint density at radius 1 is 1.03 bits per heavy atom. The van der Waals surface area contributed by atoms with E-state index in [9.17, 15) is 0 Å². The fourth-order valence-electron chi connectivity index (χ4n) is 4.13. The van der Waals surface area contributed by atoms with Gasteiger partial charge < -0.3 is 0 Å². The zero-order valence-electron chi connectivity index (χ0n) is 17.8. The molecule has 1 aliphatic heterocycles. The predicted octanol–water partition coefficient (Wildman–Crippen LogP) is 4.24. The number of aromatic nitrogens is 5. The van der Waals surface area contributed by atoms with Gasteiger partial charge in [0.05, 0.1) is 11.4 Å². The van der Waals surface area contributed by atoms with Gasteiger partial charge in [-0.15, -0.1) is 0 Å². The van der Waals surface area contributed by atoms with Crippen LogP contribution in [0.3, 0.4) is 0 Å². The molecule has 0 atom stereocenters. The minimum absolute atomic E-state index is 0.834. The molecule has 1 aliphatic rings. The highest BCUT2D eigenvalue weighted by atomic mass is 15.3. The molecule has 4 aromatic rings. The number of para-hydroxylation sites is 1. The van der Waals surface area contributed by atoms with Crippen molar-refractivity contribution in [3.63, 3.8) is 0 Å². The number of nitrogens with zero attached hydrogens (tertiary/aromatic N) is 6. The molecule has 4 heterocycles. The molecule has 0 N–H and O–H groups in total. The summed E-state index contributed by atoms with van der Waals surface area (Å²) >= 11 is 0. The average Bonchev–Trinajstić information content (AvgIpc) is 3.24. The first-order chi connectivity index (χ1) is 15.3. The van der Waals surface area contributed by atoms with Gasteiger partial charge in [0.15, 0.2) is 0 Å². The van der Waals surface area contributed by atoms with Crippen LogP contribution < -0.4 is 0 Å². The van der Waals surface area contributed by atoms with Crippen molar-refractivity contribution in [1.29, 1.82) is 0 Å². The lowest BCUT2D eigenvalue weighted by Gasteiger charge is -2.28. The van der Waals surface area contributed by atoms with Gasteiger partial charge in [-0.3, -0.25) is 9.88 Å². The van der Waals surface area contributed by atoms with E-state index >= 15 is 0 Å². The highest BCUT2D eigenvalue weighted by Gasteiger charge is 2.21. The average molecular weight is 411 g/mol. The van der Waals surface area contributed by atoms with E-state index in [0.29, 0.717) is 0 Å². The first-order valence-corrected chi connectivity index (χ1v) is 10.9. The molecule has 0 spiro atoms. The Bertz CT molecular complexity index is 1150. The lowest BCUT2D eigenvalue weighted by atomic mass is 10.0. The monoisotopic (exact) mass is 410 g/mol. The molecule has 5 rings (SSSR count). The normalized spacial score (nSPS) is 13.8. The Kier molecular flexibility index (Phi) is 5.54. The van der Waals surface area contributed by atoms with Gasteiger partial charge in [0.2, 0.25) is 0 Å². The van der Waals surface area contributed by atoms with Crippen molar-refractivity contribution in [3.8, 4) is 16.9 Å². The van der Waals surface area contributed by atoms with Crippen LogP contribution in [-0.2, 0) is 25.9 Å². The van der Waals surface area contributed by atoms with Crippen LogP contribution in [0.25, 0.3) is 16.9 Å². The SMILES string of the molecule is CCCc1ncc2c(n1)CCN(Cc1cn(-c3ccccc3)nc1-c1ccncc1)C2. The molecule has 0 radical (unpaired) electrons. The van der Waals surface area contributed by atoms with Crippen LogP contribution in [0.4, 0.5) is 0 Å². The van der Waals surface area contributed by atoms with Crippen molar-refractivity contribution < 1.29 is 0 Å². The summed E-state index contributed by atoms with van der Waals surface area (Å²) in [5, 5.41) is 4.93. The summed E-state index contributed by atoms with van der Waals surface area (Å²) < 4.78 is 1.98. The van der Waals surface area contributed by atoms with Crippen molar-refractivity contribution >= 4 is 0 Å². The van der Waals surface area contributed by atoms with Crippen LogP contribution in [0.1, 0.15) is 36.0 Å². The summed E-state index contributed by atoms with van der Waals surface area (Å²) in [7, 11) is 0. The zero-order chi connectivity index (χ0) is 21.0. The number of benzene rings is 1. The van der Waals surface area contributed by atoms with E-state index in [-0.39, 0.29) is 0 Å². The van der Waals surface area contributed by atoms with Gasteiger partial charge >= 0.3 is 0 Å². The molecule has 0 fully saturated rings. The summed E-state index contributed by atoms with van der Waals surface area (Å²) in [4.78, 5) is 16.0. The molecule has 3 aromatic heterocycles. The van der Waals surface area contributed by atoms with Crippen LogP contribution in [0.5, 0.6) is 0 Å². The summed E-state index contributed by atoms with van der Waals surface area (Å²) in [6.07, 6.45) is 10.8. The highest BCUT2D eigenvalue weighted by Crippen LogP contribution is 2.26. The number of rotatable bonds is 6. The Labute approximate surface area is 182 Å².